The lowest BCUT2D eigenvalue weighted by Gasteiger charge is -2.38. The van der Waals surface area contributed by atoms with Gasteiger partial charge in [-0.1, -0.05) is 19.9 Å². The van der Waals surface area contributed by atoms with Gasteiger partial charge in [0.15, 0.2) is 5.60 Å². The molecule has 0 aliphatic heterocycles. The van der Waals surface area contributed by atoms with Crippen molar-refractivity contribution in [3.05, 3.63) is 83.3 Å². The molecule has 0 radical (unpaired) electrons. The summed E-state index contributed by atoms with van der Waals surface area (Å²) >= 11 is 0. The second-order valence-electron chi connectivity index (χ2n) is 10.3. The first-order valence-corrected chi connectivity index (χ1v) is 11.8. The van der Waals surface area contributed by atoms with Crippen LogP contribution in [0.25, 0.3) is 16.6 Å². The lowest BCUT2D eigenvalue weighted by atomic mass is 9.74. The number of aromatic hydroxyl groups is 1. The number of aliphatic hydroxyl groups is 1. The van der Waals surface area contributed by atoms with Crippen molar-refractivity contribution in [3.63, 3.8) is 0 Å². The molecule has 1 atom stereocenters. The summed E-state index contributed by atoms with van der Waals surface area (Å²) in [6.45, 7) is 5.98. The molecular weight excluding hydrogens is 486 g/mol. The summed E-state index contributed by atoms with van der Waals surface area (Å²) < 4.78 is 57.8. The molecule has 0 saturated carbocycles. The number of alkyl halides is 3. The smallest absolute Gasteiger partial charge is 0.418 e. The highest BCUT2D eigenvalue weighted by atomic mass is 19.4. The van der Waals surface area contributed by atoms with E-state index in [-0.39, 0.29) is 11.3 Å². The number of halogens is 4. The van der Waals surface area contributed by atoms with Crippen molar-refractivity contribution in [3.8, 4) is 11.4 Å². The van der Waals surface area contributed by atoms with Crippen molar-refractivity contribution < 1.29 is 27.8 Å². The normalized spacial score (nSPS) is 14.1. The van der Waals surface area contributed by atoms with E-state index in [1.807, 2.05) is 26.0 Å². The minimum Gasteiger partial charge on any atom is -0.508 e. The lowest BCUT2D eigenvalue weighted by molar-refractivity contribution is -0.260. The molecule has 5 nitrogen and oxygen atoms in total. The van der Waals surface area contributed by atoms with Gasteiger partial charge < -0.3 is 15.5 Å². The van der Waals surface area contributed by atoms with Gasteiger partial charge in [0.2, 0.25) is 0 Å². The summed E-state index contributed by atoms with van der Waals surface area (Å²) in [5.41, 5.74) is -0.373. The van der Waals surface area contributed by atoms with Gasteiger partial charge in [0.1, 0.15) is 11.6 Å². The van der Waals surface area contributed by atoms with Crippen molar-refractivity contribution in [1.29, 1.82) is 0 Å². The molecule has 1 aromatic heterocycles. The number of rotatable bonds is 7. The van der Waals surface area contributed by atoms with E-state index in [1.54, 1.807) is 29.1 Å². The third-order valence-electron chi connectivity index (χ3n) is 6.55. The Hall–Kier alpha value is -3.59. The highest BCUT2D eigenvalue weighted by molar-refractivity contribution is 5.84. The molecule has 4 aromatic rings. The molecule has 1 heterocycles. The second kappa shape index (κ2) is 9.37. The molecule has 0 fully saturated rings. The van der Waals surface area contributed by atoms with Gasteiger partial charge in [0, 0.05) is 16.6 Å². The minimum atomic E-state index is -4.99. The summed E-state index contributed by atoms with van der Waals surface area (Å²) in [6.07, 6.45) is -4.16. The third kappa shape index (κ3) is 5.41. The van der Waals surface area contributed by atoms with Crippen LogP contribution >= 0.6 is 0 Å². The average Bonchev–Trinajstić information content (AvgIpc) is 3.21. The van der Waals surface area contributed by atoms with Crippen molar-refractivity contribution in [2.75, 3.05) is 11.9 Å². The maximum atomic E-state index is 14.1. The number of anilines is 1. The van der Waals surface area contributed by atoms with Gasteiger partial charge in [0.25, 0.3) is 0 Å². The zero-order chi connectivity index (χ0) is 27.2. The van der Waals surface area contributed by atoms with Gasteiger partial charge in [-0.05, 0) is 85.3 Å². The highest BCUT2D eigenvalue weighted by Gasteiger charge is 2.56. The van der Waals surface area contributed by atoms with Crippen LogP contribution in [-0.2, 0) is 5.41 Å². The first-order valence-electron chi connectivity index (χ1n) is 11.8. The number of nitrogens with zero attached hydrogens (tertiary/aromatic N) is 2. The fourth-order valence-corrected chi connectivity index (χ4v) is 4.81. The molecule has 0 saturated heterocycles. The van der Waals surface area contributed by atoms with Gasteiger partial charge in [-0.15, -0.1) is 0 Å². The molecule has 3 aromatic carbocycles. The molecule has 0 amide bonds. The number of benzene rings is 3. The molecule has 3 N–H and O–H groups in total. The van der Waals surface area contributed by atoms with Gasteiger partial charge in [0.05, 0.1) is 23.9 Å². The SMILES string of the molecule is Cc1cc(C)cc(-n2ncc3cc(NCC(O)(CC(C)(C)c4cc(F)ccc4O)C(F)(F)F)ccc32)c1. The summed E-state index contributed by atoms with van der Waals surface area (Å²) in [6, 6.07) is 14.2. The van der Waals surface area contributed by atoms with Gasteiger partial charge in [-0.2, -0.15) is 18.3 Å². The first-order chi connectivity index (χ1) is 17.2. The topological polar surface area (TPSA) is 70.3 Å². The lowest BCUT2D eigenvalue weighted by Crippen LogP contribution is -2.53. The van der Waals surface area contributed by atoms with Crippen LogP contribution in [0.4, 0.5) is 23.2 Å². The van der Waals surface area contributed by atoms with Gasteiger partial charge in [-0.25, -0.2) is 9.07 Å². The predicted molar refractivity (Wildman–Crippen MR) is 136 cm³/mol. The molecule has 37 heavy (non-hydrogen) atoms. The number of aryl methyl sites for hydroxylation is 2. The van der Waals surface area contributed by atoms with E-state index in [2.05, 4.69) is 16.5 Å². The maximum absolute atomic E-state index is 14.1. The molecule has 196 valence electrons. The Bertz CT molecular complexity index is 1430. The Balaban J connectivity index is 1.59. The van der Waals surface area contributed by atoms with E-state index in [1.165, 1.54) is 13.8 Å². The maximum Gasteiger partial charge on any atom is 0.418 e. The zero-order valence-corrected chi connectivity index (χ0v) is 21.0. The van der Waals surface area contributed by atoms with E-state index in [0.29, 0.717) is 11.1 Å². The molecule has 0 spiro atoms. The van der Waals surface area contributed by atoms with Crippen LogP contribution in [0, 0.1) is 19.7 Å². The number of fused-ring (bicyclic) bond motifs is 1. The summed E-state index contributed by atoms with van der Waals surface area (Å²) in [7, 11) is 0. The monoisotopic (exact) mass is 515 g/mol. The molecular formula is C28H29F4N3O2. The van der Waals surface area contributed by atoms with E-state index in [4.69, 9.17) is 0 Å². The Morgan fingerprint density at radius 3 is 2.27 bits per heavy atom. The van der Waals surface area contributed by atoms with Crippen LogP contribution in [0.5, 0.6) is 5.75 Å². The van der Waals surface area contributed by atoms with Crippen molar-refractivity contribution >= 4 is 16.6 Å². The van der Waals surface area contributed by atoms with E-state index >= 15 is 0 Å². The van der Waals surface area contributed by atoms with Gasteiger partial charge in [-0.3, -0.25) is 0 Å². The van der Waals surface area contributed by atoms with Crippen LogP contribution in [-0.4, -0.2) is 38.3 Å². The summed E-state index contributed by atoms with van der Waals surface area (Å²) in [5, 5.41) is 28.8. The molecule has 9 heteroatoms. The molecule has 0 aliphatic rings. The van der Waals surface area contributed by atoms with Crippen molar-refractivity contribution in [2.24, 2.45) is 0 Å². The molecule has 1 unspecified atom stereocenters. The fraction of sp³-hybridized carbons (Fsp3) is 0.321. The largest absolute Gasteiger partial charge is 0.508 e. The van der Waals surface area contributed by atoms with E-state index < -0.39 is 36.0 Å². The summed E-state index contributed by atoms with van der Waals surface area (Å²) in [4.78, 5) is 0. The fourth-order valence-electron chi connectivity index (χ4n) is 4.81. The second-order valence-corrected chi connectivity index (χ2v) is 10.3. The van der Waals surface area contributed by atoms with Crippen molar-refractivity contribution in [2.45, 2.75) is 51.3 Å². The molecule has 0 aliphatic carbocycles. The average molecular weight is 516 g/mol. The molecule has 4 rings (SSSR count). The minimum absolute atomic E-state index is 0.0182. The van der Waals surface area contributed by atoms with E-state index in [0.717, 1.165) is 40.5 Å². The number of aromatic nitrogens is 2. The quantitative estimate of drug-likeness (QED) is 0.244. The Labute approximate surface area is 212 Å². The van der Waals surface area contributed by atoms with Crippen LogP contribution in [0.2, 0.25) is 0 Å². The Kier molecular flexibility index (Phi) is 6.71. The number of hydrogen-bond donors (Lipinski definition) is 3. The Morgan fingerprint density at radius 1 is 0.946 bits per heavy atom. The number of hydrogen-bond acceptors (Lipinski definition) is 4. The van der Waals surface area contributed by atoms with Gasteiger partial charge >= 0.3 is 6.18 Å². The van der Waals surface area contributed by atoms with E-state index in [9.17, 15) is 27.8 Å². The number of phenolic OH excluding ortho intramolecular Hbond substituents is 1. The number of phenols is 1. The van der Waals surface area contributed by atoms with Crippen LogP contribution in [0.3, 0.4) is 0 Å². The number of nitrogens with one attached hydrogen (secondary N) is 1. The van der Waals surface area contributed by atoms with Crippen LogP contribution in [0.1, 0.15) is 37.0 Å². The molecule has 0 bridgehead atoms. The van der Waals surface area contributed by atoms with Crippen molar-refractivity contribution in [1.82, 2.24) is 9.78 Å². The van der Waals surface area contributed by atoms with Crippen LogP contribution < -0.4 is 5.32 Å². The zero-order valence-electron chi connectivity index (χ0n) is 21.0. The Morgan fingerprint density at radius 2 is 1.62 bits per heavy atom. The third-order valence-corrected chi connectivity index (χ3v) is 6.55. The summed E-state index contributed by atoms with van der Waals surface area (Å²) in [5.74, 6) is -1.03. The van der Waals surface area contributed by atoms with Crippen LogP contribution in [0.15, 0.2) is 60.8 Å². The predicted octanol–water partition coefficient (Wildman–Crippen LogP) is 6.56. The standard InChI is InChI=1S/C28H29F4N3O2/c1-17-9-18(2)11-22(10-17)35-24-7-6-21(12-19(24)14-34-35)33-16-27(37,28(30,31)32)15-26(3,4)23-13-20(29)5-8-25(23)36/h5-14,33,36-37H,15-16H2,1-4H3. The highest BCUT2D eigenvalue weighted by Crippen LogP contribution is 2.43. The first kappa shape index (κ1) is 26.5.